The summed E-state index contributed by atoms with van der Waals surface area (Å²) in [6.45, 7) is 1.71. The van der Waals surface area contributed by atoms with Gasteiger partial charge in [0.2, 0.25) is 15.9 Å². The molecule has 4 rings (SSSR count). The Bertz CT molecular complexity index is 1230. The molecule has 0 spiro atoms. The number of carbonyl (C=O) groups is 1. The predicted octanol–water partition coefficient (Wildman–Crippen LogP) is 3.36. The van der Waals surface area contributed by atoms with Crippen LogP contribution in [0.3, 0.4) is 0 Å². The Hall–Kier alpha value is -3.14. The van der Waals surface area contributed by atoms with E-state index in [1.54, 1.807) is 12.4 Å². The monoisotopic (exact) mass is 496 g/mol. The SMILES string of the molecule is O=C1CC(c2ccccc2)N(Cc2ccncc2)CCCN(S(=O)(=O)c2cccc(F)c2)CCN1. The van der Waals surface area contributed by atoms with E-state index in [9.17, 15) is 17.6 Å². The summed E-state index contributed by atoms with van der Waals surface area (Å²) in [6.07, 6.45) is 4.28. The average molecular weight is 497 g/mol. The summed E-state index contributed by atoms with van der Waals surface area (Å²) in [4.78, 5) is 19.1. The summed E-state index contributed by atoms with van der Waals surface area (Å²) in [5.74, 6) is -0.755. The second-order valence-corrected chi connectivity index (χ2v) is 10.5. The molecule has 7 nitrogen and oxygen atoms in total. The molecule has 1 N–H and O–H groups in total. The molecule has 1 aromatic heterocycles. The van der Waals surface area contributed by atoms with Crippen LogP contribution in [-0.2, 0) is 21.4 Å². The molecule has 1 aliphatic heterocycles. The van der Waals surface area contributed by atoms with E-state index in [1.165, 1.54) is 22.5 Å². The van der Waals surface area contributed by atoms with Gasteiger partial charge in [-0.1, -0.05) is 36.4 Å². The van der Waals surface area contributed by atoms with Crippen molar-refractivity contribution in [3.05, 3.63) is 96.1 Å². The van der Waals surface area contributed by atoms with Crippen LogP contribution in [0, 0.1) is 5.82 Å². The first-order valence-electron chi connectivity index (χ1n) is 11.6. The van der Waals surface area contributed by atoms with Crippen molar-refractivity contribution >= 4 is 15.9 Å². The minimum atomic E-state index is -3.91. The predicted molar refractivity (Wildman–Crippen MR) is 131 cm³/mol. The van der Waals surface area contributed by atoms with Gasteiger partial charge >= 0.3 is 0 Å². The molecule has 0 saturated carbocycles. The van der Waals surface area contributed by atoms with Crippen LogP contribution in [0.15, 0.2) is 84.0 Å². The molecule has 2 aromatic carbocycles. The molecule has 1 fully saturated rings. The van der Waals surface area contributed by atoms with Crippen LogP contribution >= 0.6 is 0 Å². The Morgan fingerprint density at radius 3 is 2.49 bits per heavy atom. The van der Waals surface area contributed by atoms with Crippen molar-refractivity contribution < 1.29 is 17.6 Å². The molecule has 3 aromatic rings. The van der Waals surface area contributed by atoms with Crippen LogP contribution in [0.4, 0.5) is 4.39 Å². The number of carbonyl (C=O) groups excluding carboxylic acids is 1. The van der Waals surface area contributed by atoms with Gasteiger partial charge in [0.15, 0.2) is 0 Å². The number of hydrogen-bond acceptors (Lipinski definition) is 5. The number of halogens is 1. The molecule has 0 bridgehead atoms. The molecule has 1 saturated heterocycles. The molecule has 35 heavy (non-hydrogen) atoms. The van der Waals surface area contributed by atoms with Gasteiger partial charge in [0.1, 0.15) is 5.82 Å². The van der Waals surface area contributed by atoms with Crippen LogP contribution in [-0.4, -0.2) is 54.7 Å². The second kappa shape index (κ2) is 11.5. The summed E-state index contributed by atoms with van der Waals surface area (Å²) in [7, 11) is -3.91. The fourth-order valence-corrected chi connectivity index (χ4v) is 5.86. The molecule has 2 heterocycles. The highest BCUT2D eigenvalue weighted by Gasteiger charge is 2.28. The molecule has 1 aliphatic rings. The topological polar surface area (TPSA) is 82.6 Å². The van der Waals surface area contributed by atoms with Crippen molar-refractivity contribution in [2.45, 2.75) is 30.3 Å². The number of sulfonamides is 1. The molecule has 0 aliphatic carbocycles. The molecular formula is C26H29FN4O3S. The van der Waals surface area contributed by atoms with Crippen LogP contribution in [0.2, 0.25) is 0 Å². The third kappa shape index (κ3) is 6.50. The van der Waals surface area contributed by atoms with E-state index in [4.69, 9.17) is 0 Å². The van der Waals surface area contributed by atoms with Crippen LogP contribution in [0.1, 0.15) is 30.0 Å². The first-order valence-corrected chi connectivity index (χ1v) is 13.1. The number of pyridine rings is 1. The van der Waals surface area contributed by atoms with Crippen LogP contribution in [0.25, 0.3) is 0 Å². The lowest BCUT2D eigenvalue weighted by Crippen LogP contribution is -2.39. The maximum atomic E-state index is 13.7. The minimum absolute atomic E-state index is 0.0884. The maximum Gasteiger partial charge on any atom is 0.243 e. The van der Waals surface area contributed by atoms with Gasteiger partial charge < -0.3 is 5.32 Å². The van der Waals surface area contributed by atoms with E-state index in [0.717, 1.165) is 17.2 Å². The van der Waals surface area contributed by atoms with Gasteiger partial charge in [-0.3, -0.25) is 14.7 Å². The summed E-state index contributed by atoms with van der Waals surface area (Å²) in [5, 5.41) is 2.87. The zero-order valence-corrected chi connectivity index (χ0v) is 20.2. The number of hydrogen-bond donors (Lipinski definition) is 1. The normalized spacial score (nSPS) is 19.0. The lowest BCUT2D eigenvalue weighted by molar-refractivity contribution is -0.122. The fraction of sp³-hybridized carbons (Fsp3) is 0.308. The third-order valence-corrected chi connectivity index (χ3v) is 8.00. The molecule has 1 unspecified atom stereocenters. The van der Waals surface area contributed by atoms with Crippen molar-refractivity contribution in [3.8, 4) is 0 Å². The van der Waals surface area contributed by atoms with Gasteiger partial charge in [0, 0.05) is 57.6 Å². The Morgan fingerprint density at radius 2 is 1.74 bits per heavy atom. The lowest BCUT2D eigenvalue weighted by Gasteiger charge is -2.32. The number of benzene rings is 2. The Labute approximate surface area is 205 Å². The number of nitrogens with one attached hydrogen (secondary N) is 1. The van der Waals surface area contributed by atoms with E-state index in [1.807, 2.05) is 42.5 Å². The number of nitrogens with zero attached hydrogens (tertiary/aromatic N) is 3. The molecule has 184 valence electrons. The molecule has 1 atom stereocenters. The molecule has 0 radical (unpaired) electrons. The molecule has 9 heteroatoms. The summed E-state index contributed by atoms with van der Waals surface area (Å²) < 4.78 is 41.6. The quantitative estimate of drug-likeness (QED) is 0.586. The van der Waals surface area contributed by atoms with Crippen molar-refractivity contribution in [2.24, 2.45) is 0 Å². The van der Waals surface area contributed by atoms with Gasteiger partial charge in [0.05, 0.1) is 4.90 Å². The van der Waals surface area contributed by atoms with Crippen molar-refractivity contribution in [1.29, 1.82) is 0 Å². The Kier molecular flexibility index (Phi) is 8.22. The van der Waals surface area contributed by atoms with E-state index in [2.05, 4.69) is 15.2 Å². The van der Waals surface area contributed by atoms with Gasteiger partial charge in [-0.15, -0.1) is 0 Å². The zero-order valence-electron chi connectivity index (χ0n) is 19.4. The summed E-state index contributed by atoms with van der Waals surface area (Å²) in [6, 6.07) is 18.6. The van der Waals surface area contributed by atoms with Gasteiger partial charge in [0.25, 0.3) is 0 Å². The van der Waals surface area contributed by atoms with Crippen molar-refractivity contribution in [2.75, 3.05) is 26.2 Å². The van der Waals surface area contributed by atoms with E-state index in [0.29, 0.717) is 19.5 Å². The lowest BCUT2D eigenvalue weighted by atomic mass is 10.0. The van der Waals surface area contributed by atoms with Gasteiger partial charge in [-0.05, 0) is 47.9 Å². The third-order valence-electron chi connectivity index (χ3n) is 6.11. The maximum absolute atomic E-state index is 13.7. The highest BCUT2D eigenvalue weighted by Crippen LogP contribution is 2.27. The highest BCUT2D eigenvalue weighted by molar-refractivity contribution is 7.89. The number of amides is 1. The second-order valence-electron chi connectivity index (χ2n) is 8.52. The highest BCUT2D eigenvalue weighted by atomic mass is 32.2. The Balaban J connectivity index is 1.61. The summed E-state index contributed by atoms with van der Waals surface area (Å²) in [5.41, 5.74) is 2.08. The Morgan fingerprint density at radius 1 is 0.971 bits per heavy atom. The zero-order chi connectivity index (χ0) is 24.7. The average Bonchev–Trinajstić information content (AvgIpc) is 2.90. The van der Waals surface area contributed by atoms with Crippen molar-refractivity contribution in [3.63, 3.8) is 0 Å². The van der Waals surface area contributed by atoms with Crippen LogP contribution in [0.5, 0.6) is 0 Å². The number of aromatic nitrogens is 1. The first kappa shape index (κ1) is 25.0. The van der Waals surface area contributed by atoms with Gasteiger partial charge in [-0.2, -0.15) is 4.31 Å². The van der Waals surface area contributed by atoms with Crippen LogP contribution < -0.4 is 5.32 Å². The standard InChI is InChI=1S/C26H29FN4O3S/c27-23-8-4-9-24(18-23)35(33,34)31-16-5-15-30(20-21-10-12-28-13-11-21)25(19-26(32)29-14-17-31)22-6-2-1-3-7-22/h1-4,6-13,18,25H,5,14-17,19-20H2,(H,29,32). The van der Waals surface area contributed by atoms with Crippen molar-refractivity contribution in [1.82, 2.24) is 19.5 Å². The van der Waals surface area contributed by atoms with E-state index < -0.39 is 15.8 Å². The summed E-state index contributed by atoms with van der Waals surface area (Å²) >= 11 is 0. The number of rotatable bonds is 5. The minimum Gasteiger partial charge on any atom is -0.355 e. The fourth-order valence-electron chi connectivity index (χ4n) is 4.35. The first-order chi connectivity index (χ1) is 16.9. The van der Waals surface area contributed by atoms with Gasteiger partial charge in [-0.25, -0.2) is 12.8 Å². The molecular weight excluding hydrogens is 467 g/mol. The largest absolute Gasteiger partial charge is 0.355 e. The van der Waals surface area contributed by atoms with E-state index in [-0.39, 0.29) is 42.9 Å². The molecule has 1 amide bonds. The van der Waals surface area contributed by atoms with E-state index >= 15 is 0 Å². The smallest absolute Gasteiger partial charge is 0.243 e.